The van der Waals surface area contributed by atoms with E-state index in [0.29, 0.717) is 68.4 Å². The predicted octanol–water partition coefficient (Wildman–Crippen LogP) is 3.18. The first-order valence-electron chi connectivity index (χ1n) is 15.1. The van der Waals surface area contributed by atoms with Crippen LogP contribution in [0.25, 0.3) is 0 Å². The molecule has 2 aromatic carbocycles. The van der Waals surface area contributed by atoms with Crippen molar-refractivity contribution in [2.24, 2.45) is 15.1 Å². The number of hydrogen-bond donors (Lipinski definition) is 3. The van der Waals surface area contributed by atoms with Crippen molar-refractivity contribution in [2.45, 2.75) is 56.7 Å². The second-order valence-corrected chi connectivity index (χ2v) is 13.3. The summed E-state index contributed by atoms with van der Waals surface area (Å²) in [5.74, 6) is 4.30. The number of likely N-dealkylation sites (tertiary alicyclic amines) is 1. The van der Waals surface area contributed by atoms with Gasteiger partial charge in [-0.15, -0.1) is 9.44 Å². The van der Waals surface area contributed by atoms with Gasteiger partial charge in [0, 0.05) is 50.9 Å². The Morgan fingerprint density at radius 3 is 2.57 bits per heavy atom. The van der Waals surface area contributed by atoms with Crippen LogP contribution in [0.2, 0.25) is 0 Å². The second kappa shape index (κ2) is 15.7. The molecule has 0 aliphatic carbocycles. The molecule has 1 unspecified atom stereocenters. The molecule has 0 radical (unpaired) electrons. The lowest BCUT2D eigenvalue weighted by atomic mass is 10.0. The van der Waals surface area contributed by atoms with Crippen molar-refractivity contribution in [3.8, 4) is 5.75 Å². The smallest absolute Gasteiger partial charge is 0.410 e. The first-order valence-corrected chi connectivity index (χ1v) is 17.1. The number of phenolic OH excluding ortho intramolecular Hbond substituents is 1. The zero-order valence-electron chi connectivity index (χ0n) is 25.1. The van der Waals surface area contributed by atoms with Gasteiger partial charge in [0.1, 0.15) is 17.3 Å². The minimum atomic E-state index is -1.51. The van der Waals surface area contributed by atoms with Crippen LogP contribution in [0.3, 0.4) is 0 Å². The molecule has 244 valence electrons. The van der Waals surface area contributed by atoms with E-state index >= 15 is 0 Å². The Kier molecular flexibility index (Phi) is 11.5. The third kappa shape index (κ3) is 8.77. The monoisotopic (exact) mass is 713 g/mol. The van der Waals surface area contributed by atoms with Gasteiger partial charge < -0.3 is 29.5 Å². The Labute approximate surface area is 278 Å². The first-order chi connectivity index (χ1) is 22.2. The molecule has 0 aromatic heterocycles. The lowest BCUT2D eigenvalue weighted by Gasteiger charge is -2.37. The van der Waals surface area contributed by atoms with E-state index in [1.165, 1.54) is 11.0 Å². The summed E-state index contributed by atoms with van der Waals surface area (Å²) >= 11 is 1.76. The average molecular weight is 715 g/mol. The van der Waals surface area contributed by atoms with Crippen LogP contribution in [-0.4, -0.2) is 104 Å². The fourth-order valence-electron chi connectivity index (χ4n) is 5.79. The maximum Gasteiger partial charge on any atom is 0.410 e. The van der Waals surface area contributed by atoms with Crippen molar-refractivity contribution in [3.63, 3.8) is 0 Å². The molecule has 46 heavy (non-hydrogen) atoms. The summed E-state index contributed by atoms with van der Waals surface area (Å²) in [5.41, 5.74) is 2.55. The molecule has 3 heterocycles. The summed E-state index contributed by atoms with van der Waals surface area (Å²) in [4.78, 5) is 50.8. The van der Waals surface area contributed by atoms with Crippen molar-refractivity contribution < 1.29 is 28.8 Å². The van der Waals surface area contributed by atoms with Crippen molar-refractivity contribution in [2.75, 3.05) is 38.0 Å². The number of hydrogen-bond acceptors (Lipinski definition) is 9. The van der Waals surface area contributed by atoms with Gasteiger partial charge in [-0.2, -0.15) is 4.99 Å². The molecular weight excluding hydrogens is 678 g/mol. The molecule has 2 fully saturated rings. The highest BCUT2D eigenvalue weighted by atomic mass is 79.9. The standard InChI is InChI=1S/C31H36BrN7O6S/c32-25-19-21(5-6-27(25)40)20-28(29(41)35-13-12-34-23-8-16-38(17-9-23)46(33)44)45-31(43)37-14-10-24(11-15-37)39-18-7-22-3-1-2-4-26(22)36-30(39)42/h1-6,19,23-24,28,40H,7-11,14-18,20,33H2,(H,36,42)/t28-,46?/m1/s1. The number of piperidine rings is 2. The fourth-order valence-corrected chi connectivity index (χ4v) is 6.79. The van der Waals surface area contributed by atoms with Crippen molar-refractivity contribution in [1.29, 1.82) is 0 Å². The number of para-hydroxylation sites is 1. The van der Waals surface area contributed by atoms with Gasteiger partial charge >= 0.3 is 12.1 Å². The quantitative estimate of drug-likeness (QED) is 0.290. The number of phenols is 1. The number of amides is 4. The molecule has 4 amide bonds. The van der Waals surface area contributed by atoms with Crippen LogP contribution in [0.4, 0.5) is 15.3 Å². The van der Waals surface area contributed by atoms with Gasteiger partial charge in [-0.25, -0.2) is 14.6 Å². The Balaban J connectivity index is 1.20. The van der Waals surface area contributed by atoms with E-state index in [4.69, 9.17) is 9.88 Å². The van der Waals surface area contributed by atoms with E-state index in [2.05, 4.69) is 43.0 Å². The van der Waals surface area contributed by atoms with Gasteiger partial charge in [-0.05, 0) is 77.4 Å². The number of carbonyl (C=O) groups is 3. The number of rotatable bonds is 7. The number of urea groups is 1. The van der Waals surface area contributed by atoms with E-state index < -0.39 is 29.7 Å². The zero-order valence-corrected chi connectivity index (χ0v) is 27.5. The van der Waals surface area contributed by atoms with Gasteiger partial charge in [0.25, 0.3) is 5.91 Å². The van der Waals surface area contributed by atoms with Gasteiger partial charge in [0.2, 0.25) is 0 Å². The van der Waals surface area contributed by atoms with Crippen LogP contribution in [0.15, 0.2) is 56.9 Å². The lowest BCUT2D eigenvalue weighted by molar-refractivity contribution is -0.126. The number of anilines is 1. The molecule has 15 heteroatoms. The number of nitrogens with zero attached hydrogens (tertiary/aromatic N) is 5. The van der Waals surface area contributed by atoms with Crippen LogP contribution < -0.4 is 10.5 Å². The third-order valence-electron chi connectivity index (χ3n) is 8.40. The maximum atomic E-state index is 13.3. The van der Waals surface area contributed by atoms with Crippen LogP contribution in [-0.2, 0) is 33.9 Å². The number of benzene rings is 2. The second-order valence-electron chi connectivity index (χ2n) is 11.4. The molecule has 3 aliphatic rings. The number of fused-ring (bicyclic) bond motifs is 1. The summed E-state index contributed by atoms with van der Waals surface area (Å²) in [6.45, 7) is 2.37. The van der Waals surface area contributed by atoms with Gasteiger partial charge in [0.15, 0.2) is 6.10 Å². The molecule has 2 aromatic rings. The highest BCUT2D eigenvalue weighted by Crippen LogP contribution is 2.27. The minimum absolute atomic E-state index is 0.0193. The van der Waals surface area contributed by atoms with Gasteiger partial charge in [0.05, 0.1) is 22.3 Å². The Morgan fingerprint density at radius 1 is 1.11 bits per heavy atom. The van der Waals surface area contributed by atoms with Gasteiger partial charge in [-0.1, -0.05) is 24.3 Å². The Bertz CT molecular complexity index is 1530. The molecule has 3 aliphatic heterocycles. The van der Waals surface area contributed by atoms with Crippen molar-refractivity contribution in [3.05, 3.63) is 58.1 Å². The van der Waals surface area contributed by atoms with Crippen LogP contribution in [0, 0.1) is 0 Å². The molecule has 5 rings (SSSR count). The number of carbonyl (C=O) groups excluding carboxylic acids is 3. The minimum Gasteiger partial charge on any atom is -0.579 e. The first kappa shape index (κ1) is 33.7. The SMILES string of the molecule is N[S+]([O-])N1CCC(N=C=C=NC(=O)[C@@H](Cc2ccc(O)c(Br)c2)OC(=O)N2CCC(N3CCc4ccccc4NC3=O)CC2)CC1. The van der Waals surface area contributed by atoms with Crippen LogP contribution >= 0.6 is 15.9 Å². The molecule has 0 spiro atoms. The largest absolute Gasteiger partial charge is 0.579 e. The Hall–Kier alpha value is -3.68. The topological polar surface area (TPSA) is 176 Å². The van der Waals surface area contributed by atoms with E-state index in [9.17, 15) is 24.0 Å². The molecule has 0 saturated carbocycles. The molecule has 13 nitrogen and oxygen atoms in total. The van der Waals surface area contributed by atoms with Crippen molar-refractivity contribution in [1.82, 2.24) is 14.1 Å². The van der Waals surface area contributed by atoms with Crippen LogP contribution in [0.5, 0.6) is 5.75 Å². The zero-order chi connectivity index (χ0) is 32.6. The van der Waals surface area contributed by atoms with E-state index in [-0.39, 0.29) is 30.3 Å². The molecular formula is C31H36BrN7O6S. The highest BCUT2D eigenvalue weighted by molar-refractivity contribution is 9.10. The summed E-state index contributed by atoms with van der Waals surface area (Å²) in [6.07, 6.45) is 1.25. The molecule has 2 atom stereocenters. The summed E-state index contributed by atoms with van der Waals surface area (Å²) in [7, 11) is 0. The average Bonchev–Trinajstić information content (AvgIpc) is 3.22. The lowest BCUT2D eigenvalue weighted by Crippen LogP contribution is -2.50. The number of nitrogens with one attached hydrogen (secondary N) is 1. The molecule has 0 bridgehead atoms. The van der Waals surface area contributed by atoms with Crippen molar-refractivity contribution >= 4 is 62.9 Å². The number of aliphatic imine (C=N–C) groups is 2. The molecule has 2 saturated heterocycles. The number of halogens is 1. The Morgan fingerprint density at radius 2 is 1.85 bits per heavy atom. The van der Waals surface area contributed by atoms with Crippen LogP contribution in [0.1, 0.15) is 36.8 Å². The van der Waals surface area contributed by atoms with E-state index in [0.717, 1.165) is 17.7 Å². The van der Waals surface area contributed by atoms with Gasteiger partial charge in [-0.3, -0.25) is 4.79 Å². The fraction of sp³-hybridized carbons (Fsp3) is 0.452. The predicted molar refractivity (Wildman–Crippen MR) is 177 cm³/mol. The number of nitrogens with two attached hydrogens (primary N) is 1. The summed E-state index contributed by atoms with van der Waals surface area (Å²) in [5, 5.41) is 18.3. The number of aromatic hydroxyl groups is 1. The summed E-state index contributed by atoms with van der Waals surface area (Å²) < 4.78 is 19.2. The normalized spacial score (nSPS) is 19.1. The maximum absolute atomic E-state index is 13.3. The third-order valence-corrected chi connectivity index (χ3v) is 9.91. The molecule has 4 N–H and O–H groups in total. The highest BCUT2D eigenvalue weighted by Gasteiger charge is 2.33. The summed E-state index contributed by atoms with van der Waals surface area (Å²) in [6, 6.07) is 12.2. The van der Waals surface area contributed by atoms with E-state index in [1.807, 2.05) is 29.2 Å². The number of ether oxygens (including phenoxy) is 1. The van der Waals surface area contributed by atoms with E-state index in [1.54, 1.807) is 16.4 Å².